The molecule has 0 aromatic heterocycles. The minimum Gasteiger partial charge on any atom is -0.502 e. The standard InChI is InChI=1S/C14H18N2O4/c1-9-3-4-10(2)15(8-9)14(18)11-5-6-12(16(19)20)13(17)7-11/h5-7,9-10,17H,3-4,8H2,1-2H3. The Kier molecular flexibility index (Phi) is 3.92. The third-order valence-corrected chi connectivity index (χ3v) is 3.80. The molecular formula is C14H18N2O4. The number of hydrogen-bond acceptors (Lipinski definition) is 4. The lowest BCUT2D eigenvalue weighted by atomic mass is 9.94. The summed E-state index contributed by atoms with van der Waals surface area (Å²) in [5, 5.41) is 20.3. The van der Waals surface area contributed by atoms with Gasteiger partial charge in [0.25, 0.3) is 5.91 Å². The van der Waals surface area contributed by atoms with Crippen molar-refractivity contribution < 1.29 is 14.8 Å². The lowest BCUT2D eigenvalue weighted by molar-refractivity contribution is -0.385. The maximum absolute atomic E-state index is 12.4. The summed E-state index contributed by atoms with van der Waals surface area (Å²) in [7, 11) is 0. The van der Waals surface area contributed by atoms with Gasteiger partial charge in [-0.3, -0.25) is 14.9 Å². The first-order valence-corrected chi connectivity index (χ1v) is 6.68. The van der Waals surface area contributed by atoms with Gasteiger partial charge in [-0.25, -0.2) is 0 Å². The molecule has 0 spiro atoms. The number of nitro benzene ring substituents is 1. The zero-order valence-electron chi connectivity index (χ0n) is 11.6. The van der Waals surface area contributed by atoms with E-state index in [1.165, 1.54) is 18.2 Å². The summed E-state index contributed by atoms with van der Waals surface area (Å²) in [6, 6.07) is 3.88. The van der Waals surface area contributed by atoms with E-state index in [2.05, 4.69) is 6.92 Å². The predicted octanol–water partition coefficient (Wildman–Crippen LogP) is 2.56. The summed E-state index contributed by atoms with van der Waals surface area (Å²) in [5.41, 5.74) is -0.101. The summed E-state index contributed by atoms with van der Waals surface area (Å²) >= 11 is 0. The van der Waals surface area contributed by atoms with E-state index < -0.39 is 10.7 Å². The monoisotopic (exact) mass is 278 g/mol. The molecule has 108 valence electrons. The first kappa shape index (κ1) is 14.3. The summed E-state index contributed by atoms with van der Waals surface area (Å²) in [5.74, 6) is -0.213. The number of carbonyl (C=O) groups is 1. The molecule has 1 aromatic rings. The molecule has 2 atom stereocenters. The van der Waals surface area contributed by atoms with Crippen LogP contribution in [0.1, 0.15) is 37.0 Å². The third kappa shape index (κ3) is 2.74. The maximum atomic E-state index is 12.4. The smallest absolute Gasteiger partial charge is 0.310 e. The van der Waals surface area contributed by atoms with Crippen molar-refractivity contribution >= 4 is 11.6 Å². The van der Waals surface area contributed by atoms with Gasteiger partial charge in [-0.05, 0) is 37.8 Å². The van der Waals surface area contributed by atoms with Crippen LogP contribution in [0, 0.1) is 16.0 Å². The van der Waals surface area contributed by atoms with Crippen LogP contribution < -0.4 is 0 Å². The normalized spacial score (nSPS) is 22.6. The highest BCUT2D eigenvalue weighted by Crippen LogP contribution is 2.28. The second kappa shape index (κ2) is 5.48. The van der Waals surface area contributed by atoms with Crippen LogP contribution in [0.3, 0.4) is 0 Å². The molecular weight excluding hydrogens is 260 g/mol. The highest BCUT2D eigenvalue weighted by Gasteiger charge is 2.28. The first-order valence-electron chi connectivity index (χ1n) is 6.68. The summed E-state index contributed by atoms with van der Waals surface area (Å²) < 4.78 is 0. The second-order valence-electron chi connectivity index (χ2n) is 5.45. The fraction of sp³-hybridized carbons (Fsp3) is 0.500. The van der Waals surface area contributed by atoms with Gasteiger partial charge in [0.15, 0.2) is 5.75 Å². The number of nitro groups is 1. The summed E-state index contributed by atoms with van der Waals surface area (Å²) in [6.45, 7) is 4.77. The molecule has 0 saturated carbocycles. The largest absolute Gasteiger partial charge is 0.502 e. The molecule has 0 aliphatic carbocycles. The van der Waals surface area contributed by atoms with Crippen molar-refractivity contribution in [3.05, 3.63) is 33.9 Å². The molecule has 1 N–H and O–H groups in total. The number of aromatic hydroxyl groups is 1. The molecule has 1 fully saturated rings. The quantitative estimate of drug-likeness (QED) is 0.665. The van der Waals surface area contributed by atoms with Crippen LogP contribution in [0.25, 0.3) is 0 Å². The van der Waals surface area contributed by atoms with Crippen LogP contribution in [0.2, 0.25) is 0 Å². The van der Waals surface area contributed by atoms with Crippen LogP contribution in [-0.2, 0) is 0 Å². The molecule has 0 bridgehead atoms. The molecule has 1 aliphatic rings. The highest BCUT2D eigenvalue weighted by atomic mass is 16.6. The average Bonchev–Trinajstić information content (AvgIpc) is 2.40. The predicted molar refractivity (Wildman–Crippen MR) is 73.7 cm³/mol. The van der Waals surface area contributed by atoms with E-state index in [1.807, 2.05) is 6.92 Å². The number of amides is 1. The molecule has 2 unspecified atom stereocenters. The van der Waals surface area contributed by atoms with Crippen molar-refractivity contribution in [3.8, 4) is 5.75 Å². The number of carbonyl (C=O) groups excluding carboxylic acids is 1. The van der Waals surface area contributed by atoms with Gasteiger partial charge in [0.2, 0.25) is 0 Å². The topological polar surface area (TPSA) is 83.7 Å². The molecule has 0 radical (unpaired) electrons. The van der Waals surface area contributed by atoms with E-state index in [0.29, 0.717) is 12.5 Å². The van der Waals surface area contributed by atoms with Crippen molar-refractivity contribution in [1.82, 2.24) is 4.90 Å². The highest BCUT2D eigenvalue weighted by molar-refractivity contribution is 5.95. The van der Waals surface area contributed by atoms with E-state index in [1.54, 1.807) is 4.90 Å². The number of phenols is 1. The van der Waals surface area contributed by atoms with E-state index >= 15 is 0 Å². The molecule has 2 rings (SSSR count). The van der Waals surface area contributed by atoms with E-state index in [0.717, 1.165) is 12.8 Å². The summed E-state index contributed by atoms with van der Waals surface area (Å²) in [4.78, 5) is 24.2. The molecule has 6 nitrogen and oxygen atoms in total. The lowest BCUT2D eigenvalue weighted by Gasteiger charge is -2.36. The van der Waals surface area contributed by atoms with Gasteiger partial charge in [0.05, 0.1) is 4.92 Å². The van der Waals surface area contributed by atoms with Crippen molar-refractivity contribution in [3.63, 3.8) is 0 Å². The number of nitrogens with zero attached hydrogens (tertiary/aromatic N) is 2. The first-order chi connectivity index (χ1) is 9.40. The van der Waals surface area contributed by atoms with Gasteiger partial charge in [-0.15, -0.1) is 0 Å². The zero-order chi connectivity index (χ0) is 14.9. The molecule has 1 heterocycles. The van der Waals surface area contributed by atoms with Gasteiger partial charge >= 0.3 is 5.69 Å². The number of piperidine rings is 1. The van der Waals surface area contributed by atoms with Crippen molar-refractivity contribution in [2.75, 3.05) is 6.54 Å². The van der Waals surface area contributed by atoms with Gasteiger partial charge in [-0.1, -0.05) is 6.92 Å². The number of rotatable bonds is 2. The lowest BCUT2D eigenvalue weighted by Crippen LogP contribution is -2.44. The Morgan fingerprint density at radius 1 is 1.40 bits per heavy atom. The number of hydrogen-bond donors (Lipinski definition) is 1. The van der Waals surface area contributed by atoms with Crippen molar-refractivity contribution in [2.24, 2.45) is 5.92 Å². The van der Waals surface area contributed by atoms with Gasteiger partial charge in [0.1, 0.15) is 0 Å². The Morgan fingerprint density at radius 3 is 2.70 bits per heavy atom. The molecule has 1 aromatic carbocycles. The molecule has 6 heteroatoms. The van der Waals surface area contributed by atoms with E-state index in [4.69, 9.17) is 0 Å². The molecule has 1 saturated heterocycles. The SMILES string of the molecule is CC1CCC(C)N(C(=O)c2ccc([N+](=O)[O-])c(O)c2)C1. The Bertz CT molecular complexity index is 544. The Balaban J connectivity index is 2.24. The molecule has 1 amide bonds. The van der Waals surface area contributed by atoms with Gasteiger partial charge < -0.3 is 10.0 Å². The minimum absolute atomic E-state index is 0.149. The number of phenolic OH excluding ortho intramolecular Hbond substituents is 1. The van der Waals surface area contributed by atoms with E-state index in [-0.39, 0.29) is 23.2 Å². The van der Waals surface area contributed by atoms with Crippen LogP contribution in [0.15, 0.2) is 18.2 Å². The second-order valence-corrected chi connectivity index (χ2v) is 5.45. The van der Waals surface area contributed by atoms with Crippen molar-refractivity contribution in [2.45, 2.75) is 32.7 Å². The number of benzene rings is 1. The average molecular weight is 278 g/mol. The Hall–Kier alpha value is -2.11. The van der Waals surface area contributed by atoms with E-state index in [9.17, 15) is 20.0 Å². The fourth-order valence-corrected chi connectivity index (χ4v) is 2.55. The third-order valence-electron chi connectivity index (χ3n) is 3.80. The van der Waals surface area contributed by atoms with Gasteiger partial charge in [0, 0.05) is 24.2 Å². The van der Waals surface area contributed by atoms with Crippen LogP contribution in [-0.4, -0.2) is 33.4 Å². The van der Waals surface area contributed by atoms with Crippen LogP contribution >= 0.6 is 0 Å². The maximum Gasteiger partial charge on any atom is 0.310 e. The fourth-order valence-electron chi connectivity index (χ4n) is 2.55. The summed E-state index contributed by atoms with van der Waals surface area (Å²) in [6.07, 6.45) is 2.04. The van der Waals surface area contributed by atoms with Gasteiger partial charge in [-0.2, -0.15) is 0 Å². The zero-order valence-corrected chi connectivity index (χ0v) is 11.6. The Labute approximate surface area is 117 Å². The minimum atomic E-state index is -0.671. The Morgan fingerprint density at radius 2 is 2.10 bits per heavy atom. The molecule has 1 aliphatic heterocycles. The number of likely N-dealkylation sites (tertiary alicyclic amines) is 1. The van der Waals surface area contributed by atoms with Crippen LogP contribution in [0.5, 0.6) is 5.75 Å². The molecule has 20 heavy (non-hydrogen) atoms. The van der Waals surface area contributed by atoms with Crippen LogP contribution in [0.4, 0.5) is 5.69 Å². The van der Waals surface area contributed by atoms with Crippen molar-refractivity contribution in [1.29, 1.82) is 0 Å².